The van der Waals surface area contributed by atoms with Crippen molar-refractivity contribution in [2.45, 2.75) is 19.9 Å². The highest BCUT2D eigenvalue weighted by Gasteiger charge is 2.33. The minimum Gasteiger partial charge on any atom is -0.490 e. The molecule has 0 saturated carbocycles. The number of ether oxygens (including phenoxy) is 3. The first-order valence-electron chi connectivity index (χ1n) is 11.8. The number of hydrogen-bond donors (Lipinski definition) is 0. The minimum absolute atomic E-state index is 0.216. The van der Waals surface area contributed by atoms with E-state index in [0.29, 0.717) is 45.3 Å². The topological polar surface area (TPSA) is 79.1 Å². The van der Waals surface area contributed by atoms with Gasteiger partial charge in [0.25, 0.3) is 5.56 Å². The van der Waals surface area contributed by atoms with Crippen molar-refractivity contribution in [1.82, 2.24) is 4.57 Å². The van der Waals surface area contributed by atoms with E-state index in [0.717, 1.165) is 11.1 Å². The van der Waals surface area contributed by atoms with Crippen molar-refractivity contribution in [3.8, 4) is 11.5 Å². The fourth-order valence-corrected chi connectivity index (χ4v) is 5.02. The van der Waals surface area contributed by atoms with E-state index in [1.165, 1.54) is 11.3 Å². The molecule has 2 aromatic carbocycles. The summed E-state index contributed by atoms with van der Waals surface area (Å²) in [6.07, 6.45) is 5.16. The summed E-state index contributed by atoms with van der Waals surface area (Å²) < 4.78 is 18.6. The molecule has 0 fully saturated rings. The first kappa shape index (κ1) is 25.9. The highest BCUT2D eigenvalue weighted by atomic mass is 32.1. The van der Waals surface area contributed by atoms with Gasteiger partial charge in [0.2, 0.25) is 0 Å². The lowest BCUT2D eigenvalue weighted by Crippen LogP contribution is -2.39. The molecule has 1 aromatic heterocycles. The van der Waals surface area contributed by atoms with Crippen molar-refractivity contribution in [2.75, 3.05) is 19.8 Å². The summed E-state index contributed by atoms with van der Waals surface area (Å²) >= 11 is 1.28. The maximum atomic E-state index is 13.7. The number of thiazole rings is 1. The lowest BCUT2D eigenvalue weighted by molar-refractivity contribution is -0.139. The average molecular weight is 517 g/mol. The van der Waals surface area contributed by atoms with Crippen LogP contribution < -0.4 is 24.4 Å². The molecule has 0 N–H and O–H groups in total. The van der Waals surface area contributed by atoms with Crippen LogP contribution in [0.2, 0.25) is 0 Å². The molecule has 0 amide bonds. The summed E-state index contributed by atoms with van der Waals surface area (Å²) in [4.78, 5) is 31.8. The lowest BCUT2D eigenvalue weighted by Gasteiger charge is -2.24. The van der Waals surface area contributed by atoms with Gasteiger partial charge in [-0.05, 0) is 55.3 Å². The molecule has 4 rings (SSSR count). The van der Waals surface area contributed by atoms with Crippen LogP contribution >= 0.6 is 11.3 Å². The third-order valence-corrected chi connectivity index (χ3v) is 6.61. The van der Waals surface area contributed by atoms with Gasteiger partial charge in [0.15, 0.2) is 4.80 Å². The van der Waals surface area contributed by atoms with Crippen molar-refractivity contribution in [1.29, 1.82) is 0 Å². The van der Waals surface area contributed by atoms with E-state index in [1.807, 2.05) is 54.6 Å². The second-order valence-electron chi connectivity index (χ2n) is 8.14. The molecule has 0 unspecified atom stereocenters. The number of allylic oxidation sites excluding steroid dienone is 1. The monoisotopic (exact) mass is 516 g/mol. The normalized spacial score (nSPS) is 15.0. The molecule has 1 aliphatic rings. The van der Waals surface area contributed by atoms with E-state index in [9.17, 15) is 9.59 Å². The number of hydrogen-bond acceptors (Lipinski definition) is 7. The zero-order valence-corrected chi connectivity index (χ0v) is 21.6. The molecule has 190 valence electrons. The second-order valence-corrected chi connectivity index (χ2v) is 9.15. The highest BCUT2D eigenvalue weighted by molar-refractivity contribution is 7.07. The zero-order chi connectivity index (χ0) is 26.4. The molecule has 0 saturated heterocycles. The van der Waals surface area contributed by atoms with Gasteiger partial charge in [-0.15, -0.1) is 0 Å². The number of benzene rings is 2. The maximum absolute atomic E-state index is 13.7. The van der Waals surface area contributed by atoms with Gasteiger partial charge in [-0.1, -0.05) is 60.9 Å². The van der Waals surface area contributed by atoms with E-state index in [1.54, 1.807) is 30.6 Å². The van der Waals surface area contributed by atoms with Crippen molar-refractivity contribution >= 4 is 23.4 Å². The molecular formula is C29H28N2O5S. The Morgan fingerprint density at radius 2 is 1.62 bits per heavy atom. The fourth-order valence-electron chi connectivity index (χ4n) is 3.98. The van der Waals surface area contributed by atoms with Crippen molar-refractivity contribution < 1.29 is 19.0 Å². The Hall–Kier alpha value is -4.17. The average Bonchev–Trinajstić information content (AvgIpc) is 3.20. The third-order valence-electron chi connectivity index (χ3n) is 5.63. The first-order valence-corrected chi connectivity index (χ1v) is 12.7. The van der Waals surface area contributed by atoms with E-state index >= 15 is 0 Å². The summed E-state index contributed by atoms with van der Waals surface area (Å²) in [5.41, 5.74) is 2.22. The Morgan fingerprint density at radius 3 is 2.19 bits per heavy atom. The predicted octanol–water partition coefficient (Wildman–Crippen LogP) is 3.93. The third kappa shape index (κ3) is 5.65. The number of nitrogens with zero attached hydrogens (tertiary/aromatic N) is 2. The van der Waals surface area contributed by atoms with Crippen molar-refractivity contribution in [2.24, 2.45) is 4.99 Å². The van der Waals surface area contributed by atoms with Gasteiger partial charge >= 0.3 is 5.97 Å². The molecule has 0 radical (unpaired) electrons. The quantitative estimate of drug-likeness (QED) is 0.301. The van der Waals surface area contributed by atoms with Crippen LogP contribution in [0.5, 0.6) is 11.5 Å². The van der Waals surface area contributed by atoms with Gasteiger partial charge in [-0.2, -0.15) is 0 Å². The molecule has 0 aliphatic carbocycles. The van der Waals surface area contributed by atoms with Crippen LogP contribution in [-0.4, -0.2) is 30.4 Å². The molecule has 1 atom stereocenters. The van der Waals surface area contributed by atoms with Gasteiger partial charge in [0, 0.05) is 0 Å². The molecule has 3 aromatic rings. The zero-order valence-electron chi connectivity index (χ0n) is 20.8. The summed E-state index contributed by atoms with van der Waals surface area (Å²) in [7, 11) is 0. The number of carbonyl (C=O) groups excluding carboxylic acids is 1. The van der Waals surface area contributed by atoms with E-state index < -0.39 is 12.0 Å². The lowest BCUT2D eigenvalue weighted by atomic mass is 9.96. The van der Waals surface area contributed by atoms with Crippen molar-refractivity contribution in [3.63, 3.8) is 0 Å². The predicted molar refractivity (Wildman–Crippen MR) is 145 cm³/mol. The molecule has 1 aliphatic heterocycles. The summed E-state index contributed by atoms with van der Waals surface area (Å²) in [5.74, 6) is 0.883. The Balaban J connectivity index is 1.81. The van der Waals surface area contributed by atoms with Crippen LogP contribution in [0.15, 0.2) is 94.9 Å². The SMILES string of the molecule is C=CCOc1ccc(/C=c2\sc3n(c2=O)[C@@H](c2ccc(OCC=C)cc2)C(C(=O)OCC)=C(C)N=3)cc1. The number of aromatic nitrogens is 1. The fraction of sp³-hybridized carbons (Fsp3) is 0.207. The molecule has 37 heavy (non-hydrogen) atoms. The van der Waals surface area contributed by atoms with E-state index in [4.69, 9.17) is 14.2 Å². The Bertz CT molecular complexity index is 1510. The van der Waals surface area contributed by atoms with Gasteiger partial charge in [-0.25, -0.2) is 9.79 Å². The van der Waals surface area contributed by atoms with Crippen LogP contribution in [0.25, 0.3) is 6.08 Å². The first-order chi connectivity index (χ1) is 18.0. The molecule has 0 bridgehead atoms. The van der Waals surface area contributed by atoms with Crippen LogP contribution in [0.3, 0.4) is 0 Å². The number of carbonyl (C=O) groups is 1. The summed E-state index contributed by atoms with van der Waals surface area (Å²) in [6.45, 7) is 11.8. The smallest absolute Gasteiger partial charge is 0.338 e. The standard InChI is InChI=1S/C29H28N2O5S/c1-5-16-35-22-12-8-20(9-13-22)18-24-27(32)31-26(21-10-14-23(15-11-21)36-17-6-2)25(28(33)34-7-3)19(4)30-29(31)37-24/h5-6,8-15,18,26H,1-2,7,16-17H2,3-4H3/b24-18-/t26-/m0/s1. The Labute approximate surface area is 219 Å². The summed E-state index contributed by atoms with van der Waals surface area (Å²) in [5, 5.41) is 0. The molecule has 7 nitrogen and oxygen atoms in total. The van der Waals surface area contributed by atoms with Crippen LogP contribution in [0, 0.1) is 0 Å². The Morgan fingerprint density at radius 1 is 1.03 bits per heavy atom. The van der Waals surface area contributed by atoms with Crippen molar-refractivity contribution in [3.05, 3.63) is 116 Å². The van der Waals surface area contributed by atoms with E-state index in [2.05, 4.69) is 18.2 Å². The van der Waals surface area contributed by atoms with Crippen LogP contribution in [-0.2, 0) is 9.53 Å². The largest absolute Gasteiger partial charge is 0.490 e. The van der Waals surface area contributed by atoms with Crippen LogP contribution in [0.4, 0.5) is 0 Å². The van der Waals surface area contributed by atoms with Gasteiger partial charge in [-0.3, -0.25) is 9.36 Å². The second kappa shape index (κ2) is 11.7. The number of rotatable bonds is 10. The van der Waals surface area contributed by atoms with Crippen LogP contribution in [0.1, 0.15) is 31.0 Å². The number of fused-ring (bicyclic) bond motifs is 1. The molecular weight excluding hydrogens is 488 g/mol. The maximum Gasteiger partial charge on any atom is 0.338 e. The van der Waals surface area contributed by atoms with E-state index in [-0.39, 0.29) is 12.2 Å². The van der Waals surface area contributed by atoms with Gasteiger partial charge in [0.05, 0.1) is 28.5 Å². The van der Waals surface area contributed by atoms with Gasteiger partial charge in [0.1, 0.15) is 24.7 Å². The molecule has 2 heterocycles. The molecule has 0 spiro atoms. The number of esters is 1. The highest BCUT2D eigenvalue weighted by Crippen LogP contribution is 2.31. The summed E-state index contributed by atoms with van der Waals surface area (Å²) in [6, 6.07) is 14.1. The Kier molecular flexibility index (Phi) is 8.20. The molecule has 8 heteroatoms. The minimum atomic E-state index is -0.680. The van der Waals surface area contributed by atoms with Gasteiger partial charge < -0.3 is 14.2 Å².